The van der Waals surface area contributed by atoms with E-state index in [-0.39, 0.29) is 6.54 Å². The second-order valence-electron chi connectivity index (χ2n) is 5.24. The predicted octanol–water partition coefficient (Wildman–Crippen LogP) is 2.61. The fourth-order valence-corrected chi connectivity index (χ4v) is 3.18. The van der Waals surface area contributed by atoms with E-state index >= 15 is 0 Å². The largest absolute Gasteiger partial charge is 0.480 e. The van der Waals surface area contributed by atoms with Gasteiger partial charge in [-0.2, -0.15) is 0 Å². The molecule has 0 bridgehead atoms. The van der Waals surface area contributed by atoms with Crippen LogP contribution in [0.1, 0.15) is 46.5 Å². The smallest absolute Gasteiger partial charge is 0.317 e. The summed E-state index contributed by atoms with van der Waals surface area (Å²) in [6, 6.07) is 0.463. The monoisotopic (exact) mass is 227 g/mol. The Morgan fingerprint density at radius 2 is 1.88 bits per heavy atom. The Hall–Kier alpha value is -0.570. The Morgan fingerprint density at radius 3 is 2.31 bits per heavy atom. The molecule has 1 N–H and O–H groups in total. The first-order valence-electron chi connectivity index (χ1n) is 6.52. The Bertz CT molecular complexity index is 220. The molecule has 0 radical (unpaired) electrons. The highest BCUT2D eigenvalue weighted by atomic mass is 16.4. The van der Waals surface area contributed by atoms with Gasteiger partial charge in [-0.15, -0.1) is 0 Å². The molecular formula is C13H25NO2. The van der Waals surface area contributed by atoms with Gasteiger partial charge in [0.2, 0.25) is 0 Å². The highest BCUT2D eigenvalue weighted by Crippen LogP contribution is 2.32. The van der Waals surface area contributed by atoms with E-state index in [1.54, 1.807) is 0 Å². The van der Waals surface area contributed by atoms with Crippen molar-refractivity contribution in [2.45, 2.75) is 52.5 Å². The molecule has 1 aliphatic rings. The van der Waals surface area contributed by atoms with Crippen LogP contribution in [-0.4, -0.2) is 35.1 Å². The first-order valence-corrected chi connectivity index (χ1v) is 6.52. The van der Waals surface area contributed by atoms with Crippen molar-refractivity contribution in [3.8, 4) is 0 Å². The van der Waals surface area contributed by atoms with Crippen LogP contribution in [0.25, 0.3) is 0 Å². The summed E-state index contributed by atoms with van der Waals surface area (Å²) < 4.78 is 0. The minimum atomic E-state index is -0.696. The van der Waals surface area contributed by atoms with Gasteiger partial charge in [0.25, 0.3) is 0 Å². The van der Waals surface area contributed by atoms with Crippen LogP contribution < -0.4 is 0 Å². The number of carboxylic acid groups (broad SMARTS) is 1. The van der Waals surface area contributed by atoms with Crippen LogP contribution >= 0.6 is 0 Å². The van der Waals surface area contributed by atoms with Gasteiger partial charge in [-0.05, 0) is 37.6 Å². The molecule has 0 aromatic rings. The maximum absolute atomic E-state index is 10.9. The van der Waals surface area contributed by atoms with Crippen molar-refractivity contribution in [3.05, 3.63) is 0 Å². The van der Waals surface area contributed by atoms with Gasteiger partial charge in [-0.1, -0.05) is 27.2 Å². The molecule has 1 fully saturated rings. The average Bonchev–Trinajstić information content (AvgIpc) is 2.16. The third-order valence-corrected chi connectivity index (χ3v) is 3.76. The van der Waals surface area contributed by atoms with Gasteiger partial charge in [0.15, 0.2) is 0 Å². The predicted molar refractivity (Wildman–Crippen MR) is 65.5 cm³/mol. The van der Waals surface area contributed by atoms with E-state index < -0.39 is 5.97 Å². The van der Waals surface area contributed by atoms with Crippen molar-refractivity contribution >= 4 is 5.97 Å². The summed E-state index contributed by atoms with van der Waals surface area (Å²) in [6.07, 6.45) is 4.82. The van der Waals surface area contributed by atoms with Gasteiger partial charge in [-0.3, -0.25) is 9.69 Å². The summed E-state index contributed by atoms with van der Waals surface area (Å²) in [7, 11) is 0. The highest BCUT2D eigenvalue weighted by molar-refractivity contribution is 5.69. The molecule has 0 aliphatic heterocycles. The maximum atomic E-state index is 10.9. The van der Waals surface area contributed by atoms with Gasteiger partial charge in [0.05, 0.1) is 6.54 Å². The minimum absolute atomic E-state index is 0.202. The highest BCUT2D eigenvalue weighted by Gasteiger charge is 2.32. The number of nitrogens with zero attached hydrogens (tertiary/aromatic N) is 1. The van der Waals surface area contributed by atoms with Gasteiger partial charge >= 0.3 is 5.97 Å². The molecule has 0 heterocycles. The molecule has 1 saturated carbocycles. The molecule has 94 valence electrons. The van der Waals surface area contributed by atoms with E-state index in [4.69, 9.17) is 5.11 Å². The zero-order valence-electron chi connectivity index (χ0n) is 10.8. The molecule has 0 aromatic heterocycles. The standard InChI is InChI=1S/C13H25NO2/c1-4-8-14(9-12(15)16)13-10(2)6-5-7-11(13)3/h10-11,13H,4-9H2,1-3H3,(H,15,16). The van der Waals surface area contributed by atoms with Gasteiger partial charge in [0, 0.05) is 6.04 Å². The van der Waals surface area contributed by atoms with Crippen LogP contribution in [0.15, 0.2) is 0 Å². The zero-order valence-corrected chi connectivity index (χ0v) is 10.8. The van der Waals surface area contributed by atoms with Crippen molar-refractivity contribution in [3.63, 3.8) is 0 Å². The van der Waals surface area contributed by atoms with Gasteiger partial charge in [0.1, 0.15) is 0 Å². The van der Waals surface area contributed by atoms with Crippen molar-refractivity contribution in [2.24, 2.45) is 11.8 Å². The van der Waals surface area contributed by atoms with Crippen LogP contribution in [0.3, 0.4) is 0 Å². The zero-order chi connectivity index (χ0) is 12.1. The van der Waals surface area contributed by atoms with Crippen molar-refractivity contribution in [1.82, 2.24) is 4.90 Å². The number of carboxylic acids is 1. The first kappa shape index (κ1) is 13.5. The Balaban J connectivity index is 2.69. The average molecular weight is 227 g/mol. The molecule has 0 spiro atoms. The lowest BCUT2D eigenvalue weighted by molar-refractivity contribution is -0.139. The molecule has 1 rings (SSSR count). The molecule has 0 saturated heterocycles. The quantitative estimate of drug-likeness (QED) is 0.785. The molecule has 2 unspecified atom stereocenters. The molecule has 1 aliphatic carbocycles. The molecule has 16 heavy (non-hydrogen) atoms. The van der Waals surface area contributed by atoms with Gasteiger partial charge in [-0.25, -0.2) is 0 Å². The van der Waals surface area contributed by atoms with Crippen LogP contribution in [-0.2, 0) is 4.79 Å². The lowest BCUT2D eigenvalue weighted by atomic mass is 9.77. The summed E-state index contributed by atoms with van der Waals surface area (Å²) in [5, 5.41) is 8.97. The maximum Gasteiger partial charge on any atom is 0.317 e. The van der Waals surface area contributed by atoms with Crippen molar-refractivity contribution < 1.29 is 9.90 Å². The third-order valence-electron chi connectivity index (χ3n) is 3.76. The summed E-state index contributed by atoms with van der Waals surface area (Å²) in [4.78, 5) is 13.1. The van der Waals surface area contributed by atoms with Crippen LogP contribution in [0.5, 0.6) is 0 Å². The van der Waals surface area contributed by atoms with E-state index in [2.05, 4.69) is 25.7 Å². The molecule has 3 heteroatoms. The summed E-state index contributed by atoms with van der Waals surface area (Å²) in [5.41, 5.74) is 0. The summed E-state index contributed by atoms with van der Waals surface area (Å²) in [5.74, 6) is 0.572. The lowest BCUT2D eigenvalue weighted by Gasteiger charge is -2.42. The number of rotatable bonds is 5. The van der Waals surface area contributed by atoms with E-state index in [1.165, 1.54) is 19.3 Å². The van der Waals surface area contributed by atoms with E-state index in [0.29, 0.717) is 17.9 Å². The molecule has 3 nitrogen and oxygen atoms in total. The number of hydrogen-bond donors (Lipinski definition) is 1. The normalized spacial score (nSPS) is 30.6. The van der Waals surface area contributed by atoms with E-state index in [0.717, 1.165) is 13.0 Å². The van der Waals surface area contributed by atoms with Crippen LogP contribution in [0.2, 0.25) is 0 Å². The molecule has 2 atom stereocenters. The SMILES string of the molecule is CCCN(CC(=O)O)C1C(C)CCCC1C. The molecular weight excluding hydrogens is 202 g/mol. The Morgan fingerprint density at radius 1 is 1.31 bits per heavy atom. The van der Waals surface area contributed by atoms with Crippen LogP contribution in [0.4, 0.5) is 0 Å². The summed E-state index contributed by atoms with van der Waals surface area (Å²) >= 11 is 0. The molecule has 0 aromatic carbocycles. The number of carbonyl (C=O) groups is 1. The Labute approximate surface area is 98.8 Å². The van der Waals surface area contributed by atoms with E-state index in [9.17, 15) is 4.79 Å². The van der Waals surface area contributed by atoms with Crippen molar-refractivity contribution in [2.75, 3.05) is 13.1 Å². The van der Waals surface area contributed by atoms with Gasteiger partial charge < -0.3 is 5.11 Å². The second kappa shape index (κ2) is 6.24. The third kappa shape index (κ3) is 3.48. The molecule has 0 amide bonds. The number of aliphatic carboxylic acids is 1. The summed E-state index contributed by atoms with van der Waals surface area (Å²) in [6.45, 7) is 7.77. The van der Waals surface area contributed by atoms with E-state index in [1.807, 2.05) is 0 Å². The first-order chi connectivity index (χ1) is 7.56. The fourth-order valence-electron chi connectivity index (χ4n) is 3.18. The van der Waals surface area contributed by atoms with Crippen molar-refractivity contribution in [1.29, 1.82) is 0 Å². The Kier molecular flexibility index (Phi) is 5.26. The van der Waals surface area contributed by atoms with Crippen LogP contribution in [0, 0.1) is 11.8 Å². The minimum Gasteiger partial charge on any atom is -0.480 e. The topological polar surface area (TPSA) is 40.5 Å². The second-order valence-corrected chi connectivity index (χ2v) is 5.24. The number of hydrogen-bond acceptors (Lipinski definition) is 2. The fraction of sp³-hybridized carbons (Fsp3) is 0.923. The lowest BCUT2D eigenvalue weighted by Crippen LogP contribution is -2.48.